The molecule has 0 aromatic heterocycles. The summed E-state index contributed by atoms with van der Waals surface area (Å²) in [6.45, 7) is 1.88. The van der Waals surface area contributed by atoms with Crippen LogP contribution in [0.5, 0.6) is 0 Å². The summed E-state index contributed by atoms with van der Waals surface area (Å²) < 4.78 is 0. The Labute approximate surface area is 73.1 Å². The summed E-state index contributed by atoms with van der Waals surface area (Å²) in [5.41, 5.74) is 0. The Morgan fingerprint density at radius 1 is 1.33 bits per heavy atom. The van der Waals surface area contributed by atoms with Gasteiger partial charge in [0.15, 0.2) is 0 Å². The van der Waals surface area contributed by atoms with Crippen molar-refractivity contribution in [2.24, 2.45) is 0 Å². The average Bonchev–Trinajstić information content (AvgIpc) is 2.00. The van der Waals surface area contributed by atoms with Gasteiger partial charge in [-0.15, -0.1) is 0 Å². The summed E-state index contributed by atoms with van der Waals surface area (Å²) in [5.74, 6) is -0.721. The Morgan fingerprint density at radius 3 is 2.33 bits per heavy atom. The third-order valence-electron chi connectivity index (χ3n) is 1.28. The van der Waals surface area contributed by atoms with Gasteiger partial charge in [0.05, 0.1) is 0 Å². The molecule has 0 amide bonds. The van der Waals surface area contributed by atoms with Crippen LogP contribution in [-0.4, -0.2) is 30.6 Å². The van der Waals surface area contributed by atoms with E-state index in [2.05, 4.69) is 0 Å². The van der Waals surface area contributed by atoms with Crippen molar-refractivity contribution in [1.29, 1.82) is 0 Å². The van der Waals surface area contributed by atoms with Gasteiger partial charge in [0, 0.05) is 32.8 Å². The fourth-order valence-electron chi connectivity index (χ4n) is 0.660. The molecule has 0 aromatic rings. The van der Waals surface area contributed by atoms with Crippen molar-refractivity contribution < 1.29 is 9.59 Å². The van der Waals surface area contributed by atoms with Gasteiger partial charge in [0.1, 0.15) is 0 Å². The van der Waals surface area contributed by atoms with Gasteiger partial charge in [-0.1, -0.05) is 6.92 Å². The van der Waals surface area contributed by atoms with E-state index in [1.807, 2.05) is 6.92 Å². The summed E-state index contributed by atoms with van der Waals surface area (Å²) >= 11 is 0. The summed E-state index contributed by atoms with van der Waals surface area (Å²) in [6, 6.07) is 0. The minimum atomic E-state index is -0.412. The lowest BCUT2D eigenvalue weighted by Crippen LogP contribution is -2.11. The number of hydrogen-bond acceptors (Lipinski definition) is 3. The monoisotopic (exact) mass is 169 g/mol. The van der Waals surface area contributed by atoms with Gasteiger partial charge >= 0.3 is 0 Å². The van der Waals surface area contributed by atoms with E-state index in [9.17, 15) is 9.59 Å². The van der Waals surface area contributed by atoms with Gasteiger partial charge < -0.3 is 4.90 Å². The molecular formula is C9H15NO2. The Balaban J connectivity index is 3.95. The highest BCUT2D eigenvalue weighted by Gasteiger charge is 2.07. The first-order valence-corrected chi connectivity index (χ1v) is 3.99. The molecule has 3 nitrogen and oxygen atoms in total. The number of allylic oxidation sites excluding steroid dienone is 1. The predicted molar refractivity (Wildman–Crippen MR) is 47.7 cm³/mol. The van der Waals surface area contributed by atoms with Crippen molar-refractivity contribution in [2.45, 2.75) is 19.8 Å². The van der Waals surface area contributed by atoms with Crippen LogP contribution in [0.2, 0.25) is 0 Å². The Hall–Kier alpha value is -1.12. The second kappa shape index (κ2) is 5.52. The van der Waals surface area contributed by atoms with Crippen molar-refractivity contribution in [3.05, 3.63) is 12.3 Å². The van der Waals surface area contributed by atoms with Crippen molar-refractivity contribution in [1.82, 2.24) is 4.90 Å². The minimum absolute atomic E-state index is 0.310. The number of carbonyl (C=O) groups is 2. The van der Waals surface area contributed by atoms with Crippen LogP contribution >= 0.6 is 0 Å². The van der Waals surface area contributed by atoms with E-state index in [1.165, 1.54) is 6.08 Å². The Kier molecular flexibility index (Phi) is 5.00. The van der Waals surface area contributed by atoms with Crippen LogP contribution < -0.4 is 0 Å². The third-order valence-corrected chi connectivity index (χ3v) is 1.28. The summed E-state index contributed by atoms with van der Waals surface area (Å²) in [6.07, 6.45) is 3.95. The second-order valence-corrected chi connectivity index (χ2v) is 2.82. The molecule has 0 atom stereocenters. The number of Topliss-reactive ketones (excluding diaryl/α,β-unsaturated/α-hetero) is 1. The van der Waals surface area contributed by atoms with Crippen LogP contribution in [0.15, 0.2) is 12.3 Å². The lowest BCUT2D eigenvalue weighted by atomic mass is 10.1. The van der Waals surface area contributed by atoms with Crippen LogP contribution in [-0.2, 0) is 9.59 Å². The molecule has 0 aliphatic heterocycles. The van der Waals surface area contributed by atoms with E-state index in [-0.39, 0.29) is 5.78 Å². The van der Waals surface area contributed by atoms with E-state index in [0.717, 1.165) is 6.42 Å². The summed E-state index contributed by atoms with van der Waals surface area (Å²) in [5, 5.41) is 0. The van der Waals surface area contributed by atoms with Crippen molar-refractivity contribution in [3.63, 3.8) is 0 Å². The Morgan fingerprint density at radius 2 is 1.92 bits per heavy atom. The molecule has 68 valence electrons. The maximum atomic E-state index is 11.0. The molecular weight excluding hydrogens is 154 g/mol. The van der Waals surface area contributed by atoms with Crippen molar-refractivity contribution in [2.75, 3.05) is 14.1 Å². The van der Waals surface area contributed by atoms with E-state index >= 15 is 0 Å². The molecule has 0 bridgehead atoms. The first kappa shape index (κ1) is 10.9. The Bertz CT molecular complexity index is 195. The third kappa shape index (κ3) is 4.66. The molecule has 0 aliphatic carbocycles. The molecule has 0 spiro atoms. The predicted octanol–water partition coefficient (Wildman–Crippen LogP) is 1.00. The largest absolute Gasteiger partial charge is 0.383 e. The lowest BCUT2D eigenvalue weighted by molar-refractivity contribution is -0.133. The molecule has 0 radical (unpaired) electrons. The van der Waals surface area contributed by atoms with Gasteiger partial charge in [0.2, 0.25) is 11.6 Å². The molecule has 0 saturated carbocycles. The van der Waals surface area contributed by atoms with Crippen LogP contribution in [0.3, 0.4) is 0 Å². The van der Waals surface area contributed by atoms with Gasteiger partial charge in [-0.25, -0.2) is 0 Å². The number of carbonyl (C=O) groups excluding carboxylic acids is 2. The van der Waals surface area contributed by atoms with Gasteiger partial charge in [-0.3, -0.25) is 9.59 Å². The molecule has 3 heteroatoms. The van der Waals surface area contributed by atoms with E-state index in [4.69, 9.17) is 0 Å². The zero-order chi connectivity index (χ0) is 9.56. The maximum Gasteiger partial charge on any atom is 0.222 e. The topological polar surface area (TPSA) is 37.4 Å². The van der Waals surface area contributed by atoms with Crippen molar-refractivity contribution in [3.8, 4) is 0 Å². The van der Waals surface area contributed by atoms with Gasteiger partial charge in [0.25, 0.3) is 0 Å². The average molecular weight is 169 g/mol. The van der Waals surface area contributed by atoms with Crippen LogP contribution in [0.4, 0.5) is 0 Å². The van der Waals surface area contributed by atoms with Crippen LogP contribution in [0.25, 0.3) is 0 Å². The fourth-order valence-corrected chi connectivity index (χ4v) is 0.660. The minimum Gasteiger partial charge on any atom is -0.383 e. The van der Waals surface area contributed by atoms with Gasteiger partial charge in [-0.05, 0) is 6.42 Å². The highest BCUT2D eigenvalue weighted by Crippen LogP contribution is 1.92. The number of rotatable bonds is 5. The molecule has 0 rings (SSSR count). The normalized spacial score (nSPS) is 10.2. The molecule has 0 N–H and O–H groups in total. The molecule has 12 heavy (non-hydrogen) atoms. The highest BCUT2D eigenvalue weighted by molar-refractivity contribution is 6.41. The number of ketones is 2. The highest BCUT2D eigenvalue weighted by atomic mass is 16.2. The number of nitrogens with zero attached hydrogens (tertiary/aromatic N) is 1. The molecule has 0 aromatic carbocycles. The summed E-state index contributed by atoms with van der Waals surface area (Å²) in [7, 11) is 3.60. The zero-order valence-corrected chi connectivity index (χ0v) is 7.83. The fraction of sp³-hybridized carbons (Fsp3) is 0.556. The molecule has 0 unspecified atom stereocenters. The molecule has 0 saturated heterocycles. The van der Waals surface area contributed by atoms with Crippen LogP contribution in [0, 0.1) is 0 Å². The number of hydrogen-bond donors (Lipinski definition) is 0. The van der Waals surface area contributed by atoms with Crippen molar-refractivity contribution >= 4 is 11.6 Å². The molecule has 0 aliphatic rings. The van der Waals surface area contributed by atoms with E-state index < -0.39 is 5.78 Å². The first-order chi connectivity index (χ1) is 5.57. The quantitative estimate of drug-likeness (QED) is 0.455. The SMILES string of the molecule is CCCC(=O)C(=O)/C=C/N(C)C. The van der Waals surface area contributed by atoms with E-state index in [1.54, 1.807) is 25.2 Å². The smallest absolute Gasteiger partial charge is 0.222 e. The van der Waals surface area contributed by atoms with Crippen LogP contribution in [0.1, 0.15) is 19.8 Å². The molecule has 0 heterocycles. The maximum absolute atomic E-state index is 11.0. The molecule has 0 fully saturated rings. The lowest BCUT2D eigenvalue weighted by Gasteiger charge is -2.01. The van der Waals surface area contributed by atoms with E-state index in [0.29, 0.717) is 6.42 Å². The second-order valence-electron chi connectivity index (χ2n) is 2.82. The summed E-state index contributed by atoms with van der Waals surface area (Å²) in [4.78, 5) is 23.6. The van der Waals surface area contributed by atoms with Gasteiger partial charge in [-0.2, -0.15) is 0 Å². The first-order valence-electron chi connectivity index (χ1n) is 3.99. The zero-order valence-electron chi connectivity index (χ0n) is 7.83. The standard InChI is InChI=1S/C9H15NO2/c1-4-5-8(11)9(12)6-7-10(2)3/h6-7H,4-5H2,1-3H3/b7-6+.